The van der Waals surface area contributed by atoms with Crippen LogP contribution in [0.3, 0.4) is 0 Å². The molecular weight excluding hydrogens is 234 g/mol. The first kappa shape index (κ1) is 12.4. The molecule has 1 aliphatic heterocycles. The highest BCUT2D eigenvalue weighted by atomic mass is 16.5. The fourth-order valence-electron chi connectivity index (χ4n) is 1.93. The minimum atomic E-state index is -0.279. The Hall–Kier alpha value is -2.04. The smallest absolute Gasteiger partial charge is 0.237 e. The standard InChI is InChI=1S/C13H14NO4/c1-8-6-12(15)14(13(8)16)9-4-5-10(17-2)11(7-9)18-3/h5,7-8H,6H2,1-3H3. The molecule has 0 spiro atoms. The van der Waals surface area contributed by atoms with Crippen molar-refractivity contribution in [3.63, 3.8) is 0 Å². The molecule has 1 atom stereocenters. The molecule has 0 aromatic heterocycles. The Morgan fingerprint density at radius 2 is 1.94 bits per heavy atom. The maximum Gasteiger partial charge on any atom is 0.237 e. The maximum atomic E-state index is 11.9. The Kier molecular flexibility index (Phi) is 3.23. The first-order chi connectivity index (χ1) is 8.58. The number of nitrogens with zero attached hydrogens (tertiary/aromatic N) is 1. The molecule has 1 aliphatic rings. The van der Waals surface area contributed by atoms with E-state index in [2.05, 4.69) is 6.07 Å². The van der Waals surface area contributed by atoms with Gasteiger partial charge in [0, 0.05) is 24.5 Å². The third kappa shape index (κ3) is 1.92. The molecule has 1 radical (unpaired) electrons. The van der Waals surface area contributed by atoms with Gasteiger partial charge in [0.05, 0.1) is 19.9 Å². The molecule has 5 heteroatoms. The van der Waals surface area contributed by atoms with Gasteiger partial charge in [0.25, 0.3) is 0 Å². The number of hydrogen-bond donors (Lipinski definition) is 0. The molecule has 95 valence electrons. The lowest BCUT2D eigenvalue weighted by atomic mass is 10.1. The van der Waals surface area contributed by atoms with Crippen LogP contribution in [0.4, 0.5) is 5.69 Å². The lowest BCUT2D eigenvalue weighted by molar-refractivity contribution is -0.122. The Morgan fingerprint density at radius 1 is 1.28 bits per heavy atom. The van der Waals surface area contributed by atoms with E-state index in [0.717, 1.165) is 4.90 Å². The highest BCUT2D eigenvalue weighted by Gasteiger charge is 2.37. The fourth-order valence-corrected chi connectivity index (χ4v) is 1.93. The van der Waals surface area contributed by atoms with Gasteiger partial charge >= 0.3 is 0 Å². The van der Waals surface area contributed by atoms with Crippen LogP contribution in [0.5, 0.6) is 11.5 Å². The molecule has 1 aromatic carbocycles. The monoisotopic (exact) mass is 248 g/mol. The van der Waals surface area contributed by atoms with E-state index in [-0.39, 0.29) is 24.2 Å². The van der Waals surface area contributed by atoms with Crippen LogP contribution in [0.15, 0.2) is 12.1 Å². The summed E-state index contributed by atoms with van der Waals surface area (Å²) < 4.78 is 10.2. The van der Waals surface area contributed by atoms with E-state index in [9.17, 15) is 9.59 Å². The molecule has 1 unspecified atom stereocenters. The highest BCUT2D eigenvalue weighted by molar-refractivity contribution is 6.20. The minimum absolute atomic E-state index is 0.205. The third-order valence-electron chi connectivity index (χ3n) is 2.91. The Balaban J connectivity index is 2.40. The molecule has 1 aromatic rings. The van der Waals surface area contributed by atoms with Crippen LogP contribution < -0.4 is 14.4 Å². The molecule has 2 amide bonds. The van der Waals surface area contributed by atoms with Crippen molar-refractivity contribution in [3.05, 3.63) is 18.2 Å². The highest BCUT2D eigenvalue weighted by Crippen LogP contribution is 2.33. The average molecular weight is 248 g/mol. The van der Waals surface area contributed by atoms with Gasteiger partial charge in [-0.15, -0.1) is 0 Å². The number of methoxy groups -OCH3 is 2. The molecule has 1 fully saturated rings. The summed E-state index contributed by atoms with van der Waals surface area (Å²) in [7, 11) is 3.01. The van der Waals surface area contributed by atoms with Crippen molar-refractivity contribution in [2.45, 2.75) is 13.3 Å². The van der Waals surface area contributed by atoms with Gasteiger partial charge in [0.15, 0.2) is 11.5 Å². The maximum absolute atomic E-state index is 11.9. The zero-order valence-corrected chi connectivity index (χ0v) is 10.5. The lowest BCUT2D eigenvalue weighted by Crippen LogP contribution is -2.30. The quantitative estimate of drug-likeness (QED) is 0.759. The molecule has 0 aliphatic carbocycles. The number of amides is 2. The van der Waals surface area contributed by atoms with Crippen molar-refractivity contribution in [2.24, 2.45) is 5.92 Å². The van der Waals surface area contributed by atoms with Crippen molar-refractivity contribution in [1.82, 2.24) is 0 Å². The van der Waals surface area contributed by atoms with Gasteiger partial charge in [0.1, 0.15) is 0 Å². The average Bonchev–Trinajstić information content (AvgIpc) is 2.62. The van der Waals surface area contributed by atoms with Gasteiger partial charge in [-0.05, 0) is 6.07 Å². The molecule has 0 bridgehead atoms. The van der Waals surface area contributed by atoms with E-state index in [4.69, 9.17) is 9.47 Å². The summed E-state index contributed by atoms with van der Waals surface area (Å²) in [6.45, 7) is 1.74. The van der Waals surface area contributed by atoms with E-state index < -0.39 is 0 Å². The third-order valence-corrected chi connectivity index (χ3v) is 2.91. The second-order valence-electron chi connectivity index (χ2n) is 4.13. The molecule has 0 N–H and O–H groups in total. The van der Waals surface area contributed by atoms with Crippen LogP contribution in [0.2, 0.25) is 0 Å². The van der Waals surface area contributed by atoms with Gasteiger partial charge < -0.3 is 9.47 Å². The van der Waals surface area contributed by atoms with Gasteiger partial charge in [-0.3, -0.25) is 9.59 Å². The second-order valence-corrected chi connectivity index (χ2v) is 4.13. The normalized spacial score (nSPS) is 19.3. The van der Waals surface area contributed by atoms with E-state index in [0.29, 0.717) is 17.2 Å². The number of rotatable bonds is 3. The van der Waals surface area contributed by atoms with Gasteiger partial charge in [-0.2, -0.15) is 0 Å². The summed E-state index contributed by atoms with van der Waals surface area (Å²) >= 11 is 0. The van der Waals surface area contributed by atoms with Crippen LogP contribution in [-0.2, 0) is 9.59 Å². The summed E-state index contributed by atoms with van der Waals surface area (Å²) in [6.07, 6.45) is 0.237. The zero-order valence-electron chi connectivity index (χ0n) is 10.5. The lowest BCUT2D eigenvalue weighted by Gasteiger charge is -2.16. The Bertz CT molecular complexity index is 498. The van der Waals surface area contributed by atoms with Gasteiger partial charge in [0.2, 0.25) is 11.8 Å². The van der Waals surface area contributed by atoms with Crippen LogP contribution in [-0.4, -0.2) is 26.0 Å². The predicted octanol–water partition coefficient (Wildman–Crippen LogP) is 1.40. The Labute approximate surface area is 105 Å². The van der Waals surface area contributed by atoms with Gasteiger partial charge in [-0.1, -0.05) is 6.92 Å². The number of benzene rings is 1. The number of carbonyl (C=O) groups excluding carboxylic acids is 2. The van der Waals surface area contributed by atoms with Crippen molar-refractivity contribution in [2.75, 3.05) is 19.1 Å². The predicted molar refractivity (Wildman–Crippen MR) is 64.7 cm³/mol. The summed E-state index contributed by atoms with van der Waals surface area (Å²) in [5.74, 6) is 0.276. The number of carbonyl (C=O) groups is 2. The van der Waals surface area contributed by atoms with E-state index in [1.807, 2.05) is 0 Å². The molecule has 5 nitrogen and oxygen atoms in total. The number of ether oxygens (including phenoxy) is 2. The largest absolute Gasteiger partial charge is 0.493 e. The van der Waals surface area contributed by atoms with Crippen LogP contribution in [0.1, 0.15) is 13.3 Å². The van der Waals surface area contributed by atoms with Crippen LogP contribution in [0, 0.1) is 12.0 Å². The van der Waals surface area contributed by atoms with Crippen LogP contribution >= 0.6 is 0 Å². The van der Waals surface area contributed by atoms with Crippen LogP contribution in [0.25, 0.3) is 0 Å². The SMILES string of the molecule is COc1c[c]c(N2C(=O)CC(C)C2=O)cc1OC. The topological polar surface area (TPSA) is 55.8 Å². The number of anilines is 1. The molecule has 1 saturated heterocycles. The zero-order chi connectivity index (χ0) is 13.3. The summed E-state index contributed by atoms with van der Waals surface area (Å²) in [6, 6.07) is 5.99. The Morgan fingerprint density at radius 3 is 2.44 bits per heavy atom. The fraction of sp³-hybridized carbons (Fsp3) is 0.385. The first-order valence-corrected chi connectivity index (χ1v) is 5.59. The van der Waals surface area contributed by atoms with Gasteiger partial charge in [-0.25, -0.2) is 4.90 Å². The molecule has 18 heavy (non-hydrogen) atoms. The molecular formula is C13H14NO4. The van der Waals surface area contributed by atoms with Crippen molar-refractivity contribution in [3.8, 4) is 11.5 Å². The summed E-state index contributed by atoms with van der Waals surface area (Å²) in [4.78, 5) is 24.8. The number of hydrogen-bond acceptors (Lipinski definition) is 4. The number of imide groups is 1. The molecule has 2 rings (SSSR count). The molecule has 0 saturated carbocycles. The second kappa shape index (κ2) is 4.68. The summed E-state index contributed by atoms with van der Waals surface area (Å²) in [5, 5.41) is 0. The summed E-state index contributed by atoms with van der Waals surface area (Å²) in [5.41, 5.74) is 0.395. The van der Waals surface area contributed by atoms with E-state index >= 15 is 0 Å². The minimum Gasteiger partial charge on any atom is -0.493 e. The van der Waals surface area contributed by atoms with Crippen molar-refractivity contribution in [1.29, 1.82) is 0 Å². The molecule has 1 heterocycles. The van der Waals surface area contributed by atoms with Crippen molar-refractivity contribution >= 4 is 17.5 Å². The van der Waals surface area contributed by atoms with E-state index in [1.54, 1.807) is 19.1 Å². The van der Waals surface area contributed by atoms with Crippen molar-refractivity contribution < 1.29 is 19.1 Å². The first-order valence-electron chi connectivity index (χ1n) is 5.59. The van der Waals surface area contributed by atoms with E-state index in [1.165, 1.54) is 14.2 Å².